The van der Waals surface area contributed by atoms with Crippen molar-refractivity contribution in [2.24, 2.45) is 0 Å². The van der Waals surface area contributed by atoms with Crippen molar-refractivity contribution in [3.05, 3.63) is 322 Å². The lowest BCUT2D eigenvalue weighted by Crippen LogP contribution is -2.42. The van der Waals surface area contributed by atoms with Crippen molar-refractivity contribution in [2.45, 2.75) is 42.9 Å². The van der Waals surface area contributed by atoms with Crippen molar-refractivity contribution in [1.29, 1.82) is 0 Å². The van der Waals surface area contributed by atoms with Crippen LogP contribution in [0.3, 0.4) is 0 Å². The standard InChI is InChI=1S/C79H54N2/c1-77(2)63-34-14-16-36-65(63)79(66-37-17-15-35-64(66)77)68-45-44-58-56-29-10-19-40-70(56)81-69-39-18-9-28-55(69)57-43-42-50(75(79)73(57)74(68)76(58)81)46-47-80(52-25-20-24-51(48-52)49-22-4-3-5-23-49)71-41-21-38-67-72(71)59-30-8-13-33-62(59)78(67)60-31-11-6-26-53(60)54-27-7-12-32-61(54)78/h3-16,18-36,38-48H,17,37H2,1-2H3. The van der Waals surface area contributed by atoms with Crippen molar-refractivity contribution in [3.8, 4) is 61.3 Å². The molecule has 1 aliphatic heterocycles. The SMILES string of the molecule is CC1(C)C2=C(CCC=C2)C2(c3ccccc31)c1ccc3c4ccccc4n4c3c1-c1c(ccc(C=CN(c3cccc(-c5ccccc5)c3)c3cccc5c3-c3ccccc3C53c5ccccc5-c5ccccc53)c12)-c1ccccc1-4. The van der Waals surface area contributed by atoms with E-state index in [1.807, 2.05) is 0 Å². The van der Waals surface area contributed by atoms with Gasteiger partial charge in [0.15, 0.2) is 0 Å². The van der Waals surface area contributed by atoms with Crippen molar-refractivity contribution >= 4 is 39.3 Å². The highest BCUT2D eigenvalue weighted by atomic mass is 15.1. The maximum absolute atomic E-state index is 2.61. The van der Waals surface area contributed by atoms with Gasteiger partial charge in [0.05, 0.1) is 33.2 Å². The molecule has 0 saturated heterocycles. The number of hydrogen-bond donors (Lipinski definition) is 0. The van der Waals surface area contributed by atoms with Crippen LogP contribution in [0.1, 0.15) is 76.8 Å². The normalized spacial score (nSPS) is 17.3. The van der Waals surface area contributed by atoms with E-state index in [2.05, 4.69) is 290 Å². The van der Waals surface area contributed by atoms with E-state index in [0.29, 0.717) is 0 Å². The third-order valence-corrected chi connectivity index (χ3v) is 19.7. The molecule has 5 aliphatic carbocycles. The van der Waals surface area contributed by atoms with E-state index < -0.39 is 10.8 Å². The van der Waals surface area contributed by atoms with Gasteiger partial charge in [-0.3, -0.25) is 0 Å². The van der Waals surface area contributed by atoms with Gasteiger partial charge in [0.1, 0.15) is 0 Å². The predicted molar refractivity (Wildman–Crippen MR) is 336 cm³/mol. The van der Waals surface area contributed by atoms with Gasteiger partial charge < -0.3 is 9.47 Å². The number of rotatable bonds is 5. The number of anilines is 2. The molecule has 12 aromatic rings. The van der Waals surface area contributed by atoms with E-state index in [1.54, 1.807) is 0 Å². The highest BCUT2D eigenvalue weighted by Gasteiger charge is 2.57. The predicted octanol–water partition coefficient (Wildman–Crippen LogP) is 19.8. The molecule has 2 spiro atoms. The summed E-state index contributed by atoms with van der Waals surface area (Å²) in [6, 6.07) is 92.3. The van der Waals surface area contributed by atoms with Crippen LogP contribution >= 0.6 is 0 Å². The number of fused-ring (bicyclic) bond motifs is 21. The number of para-hydroxylation sites is 2. The summed E-state index contributed by atoms with van der Waals surface area (Å²) in [5.41, 5.74) is 32.7. The van der Waals surface area contributed by atoms with Gasteiger partial charge in [-0.15, -0.1) is 0 Å². The monoisotopic (exact) mass is 1030 g/mol. The minimum absolute atomic E-state index is 0.199. The van der Waals surface area contributed by atoms with Crippen molar-refractivity contribution in [1.82, 2.24) is 4.57 Å². The fourth-order valence-electron chi connectivity index (χ4n) is 16.7. The minimum Gasteiger partial charge on any atom is -0.317 e. The Labute approximate surface area is 472 Å². The molecule has 0 amide bonds. The van der Waals surface area contributed by atoms with E-state index >= 15 is 0 Å². The maximum atomic E-state index is 2.61. The smallest absolute Gasteiger partial charge is 0.0726 e. The Morgan fingerprint density at radius 1 is 0.444 bits per heavy atom. The van der Waals surface area contributed by atoms with Gasteiger partial charge in [0, 0.05) is 44.8 Å². The molecule has 0 bridgehead atoms. The molecule has 0 saturated carbocycles. The summed E-state index contributed by atoms with van der Waals surface area (Å²) in [6.45, 7) is 4.92. The summed E-state index contributed by atoms with van der Waals surface area (Å²) in [4.78, 5) is 2.51. The van der Waals surface area contributed by atoms with Crippen molar-refractivity contribution < 1.29 is 0 Å². The lowest BCUT2D eigenvalue weighted by atomic mass is 9.53. The Bertz CT molecular complexity index is 4820. The number of hydrogen-bond acceptors (Lipinski definition) is 1. The van der Waals surface area contributed by atoms with Crippen LogP contribution in [-0.4, -0.2) is 4.57 Å². The molecule has 0 radical (unpaired) electrons. The van der Waals surface area contributed by atoms with Gasteiger partial charge in [-0.25, -0.2) is 0 Å². The van der Waals surface area contributed by atoms with E-state index in [-0.39, 0.29) is 5.41 Å². The second-order valence-corrected chi connectivity index (χ2v) is 23.6. The van der Waals surface area contributed by atoms with E-state index in [4.69, 9.17) is 0 Å². The lowest BCUT2D eigenvalue weighted by molar-refractivity contribution is 0.536. The number of aromatic nitrogens is 1. The van der Waals surface area contributed by atoms with Gasteiger partial charge in [-0.05, 0) is 149 Å². The highest BCUT2D eigenvalue weighted by molar-refractivity contribution is 6.20. The first kappa shape index (κ1) is 45.1. The Morgan fingerprint density at radius 2 is 1.07 bits per heavy atom. The summed E-state index contributed by atoms with van der Waals surface area (Å²) >= 11 is 0. The van der Waals surface area contributed by atoms with Crippen LogP contribution < -0.4 is 4.90 Å². The second kappa shape index (κ2) is 16.2. The molecule has 81 heavy (non-hydrogen) atoms. The molecule has 6 aliphatic rings. The van der Waals surface area contributed by atoms with Gasteiger partial charge >= 0.3 is 0 Å². The van der Waals surface area contributed by atoms with Crippen LogP contribution in [0.2, 0.25) is 0 Å². The van der Waals surface area contributed by atoms with Gasteiger partial charge in [-0.1, -0.05) is 238 Å². The van der Waals surface area contributed by atoms with Crippen LogP contribution in [0.4, 0.5) is 11.4 Å². The summed E-state index contributed by atoms with van der Waals surface area (Å²) in [5, 5.41) is 2.58. The van der Waals surface area contributed by atoms with Crippen molar-refractivity contribution in [3.63, 3.8) is 0 Å². The molecule has 18 rings (SSSR count). The first-order valence-electron chi connectivity index (χ1n) is 28.9. The molecule has 2 heterocycles. The number of nitrogens with zero attached hydrogens (tertiary/aromatic N) is 2. The van der Waals surface area contributed by atoms with Crippen LogP contribution in [0, 0.1) is 0 Å². The molecule has 1 unspecified atom stereocenters. The molecule has 0 N–H and O–H groups in total. The largest absolute Gasteiger partial charge is 0.317 e. The zero-order valence-corrected chi connectivity index (χ0v) is 45.2. The fourth-order valence-corrected chi connectivity index (χ4v) is 16.7. The molecule has 1 atom stereocenters. The molecule has 11 aromatic carbocycles. The Hall–Kier alpha value is -9.76. The van der Waals surface area contributed by atoms with E-state index in [0.717, 1.165) is 24.2 Å². The van der Waals surface area contributed by atoms with Crippen LogP contribution in [0.15, 0.2) is 272 Å². The highest BCUT2D eigenvalue weighted by Crippen LogP contribution is 2.69. The molecule has 1 aromatic heterocycles. The topological polar surface area (TPSA) is 8.17 Å². The molecule has 2 nitrogen and oxygen atoms in total. The zero-order chi connectivity index (χ0) is 53.3. The van der Waals surface area contributed by atoms with Crippen LogP contribution in [0.5, 0.6) is 0 Å². The molecule has 380 valence electrons. The van der Waals surface area contributed by atoms with Gasteiger partial charge in [0.25, 0.3) is 0 Å². The van der Waals surface area contributed by atoms with Crippen molar-refractivity contribution in [2.75, 3.05) is 4.90 Å². The summed E-state index contributed by atoms with van der Waals surface area (Å²) in [5.74, 6) is 0. The second-order valence-electron chi connectivity index (χ2n) is 23.6. The number of allylic oxidation sites excluding steroid dienone is 4. The quantitative estimate of drug-likeness (QED) is 0.167. The molecule has 0 fully saturated rings. The molecular formula is C79H54N2. The summed E-state index contributed by atoms with van der Waals surface area (Å²) in [7, 11) is 0. The third kappa shape index (κ3) is 5.57. The number of benzene rings is 11. The minimum atomic E-state index is -0.574. The Morgan fingerprint density at radius 3 is 1.88 bits per heavy atom. The van der Waals surface area contributed by atoms with E-state index in [1.165, 1.54) is 144 Å². The Balaban J connectivity index is 0.955. The maximum Gasteiger partial charge on any atom is 0.0726 e. The first-order valence-corrected chi connectivity index (χ1v) is 28.9. The first-order chi connectivity index (χ1) is 40.0. The van der Waals surface area contributed by atoms with Crippen LogP contribution in [-0.2, 0) is 16.2 Å². The molecular weight excluding hydrogens is 977 g/mol. The summed E-state index contributed by atoms with van der Waals surface area (Å²) in [6.07, 6.45) is 11.8. The molecule has 2 heteroatoms. The fraction of sp³-hybridized carbons (Fsp3) is 0.0886. The van der Waals surface area contributed by atoms with Crippen LogP contribution in [0.25, 0.3) is 89.2 Å². The zero-order valence-electron chi connectivity index (χ0n) is 45.2. The summed E-state index contributed by atoms with van der Waals surface area (Å²) < 4.78 is 2.61. The average molecular weight is 1030 g/mol. The lowest BCUT2D eigenvalue weighted by Gasteiger charge is -2.49. The average Bonchev–Trinajstić information content (AvgIpc) is 2.85. The van der Waals surface area contributed by atoms with Gasteiger partial charge in [0.2, 0.25) is 0 Å². The Kier molecular flexibility index (Phi) is 9.02. The van der Waals surface area contributed by atoms with Gasteiger partial charge in [-0.2, -0.15) is 0 Å². The third-order valence-electron chi connectivity index (χ3n) is 19.7. The van der Waals surface area contributed by atoms with E-state index in [9.17, 15) is 0 Å².